The van der Waals surface area contributed by atoms with Crippen LogP contribution in [0.1, 0.15) is 33.5 Å². The molecule has 5 heteroatoms. The lowest BCUT2D eigenvalue weighted by Gasteiger charge is -2.26. The second-order valence-electron chi connectivity index (χ2n) is 7.32. The van der Waals surface area contributed by atoms with Crippen molar-refractivity contribution in [3.63, 3.8) is 0 Å². The van der Waals surface area contributed by atoms with Gasteiger partial charge in [0.15, 0.2) is 0 Å². The maximum Gasteiger partial charge on any atom is 0.251 e. The average Bonchev–Trinajstić information content (AvgIpc) is 2.71. The molecule has 1 aliphatic rings. The van der Waals surface area contributed by atoms with Gasteiger partial charge < -0.3 is 10.1 Å². The molecule has 2 aromatic rings. The van der Waals surface area contributed by atoms with Crippen LogP contribution < -0.4 is 5.32 Å². The molecule has 1 heterocycles. The van der Waals surface area contributed by atoms with E-state index in [0.29, 0.717) is 6.54 Å². The third-order valence-electron chi connectivity index (χ3n) is 4.95. The van der Waals surface area contributed by atoms with Crippen molar-refractivity contribution in [3.8, 4) is 0 Å². The molecule has 0 spiro atoms. The molecule has 28 heavy (non-hydrogen) atoms. The number of nitrogens with one attached hydrogen (secondary N) is 1. The second kappa shape index (κ2) is 10.6. The molecule has 2 aromatic carbocycles. The highest BCUT2D eigenvalue weighted by Gasteiger charge is 2.10. The number of carbonyl (C=O) groups excluding carboxylic acids is 1. The predicted octanol–water partition coefficient (Wildman–Crippen LogP) is 4.05. The molecular formula is C23H30N2O2S. The number of ether oxygens (including phenoxy) is 1. The molecule has 0 saturated carbocycles. The first kappa shape index (κ1) is 20.9. The number of hydrogen-bond donors (Lipinski definition) is 1. The van der Waals surface area contributed by atoms with Crippen molar-refractivity contribution >= 4 is 17.7 Å². The number of nitrogens with zero attached hydrogens (tertiary/aromatic N) is 1. The van der Waals surface area contributed by atoms with Crippen LogP contribution >= 0.6 is 11.8 Å². The Bertz CT molecular complexity index is 788. The minimum absolute atomic E-state index is 0.0142. The van der Waals surface area contributed by atoms with Crippen LogP contribution in [-0.4, -0.2) is 50.2 Å². The van der Waals surface area contributed by atoms with Gasteiger partial charge >= 0.3 is 0 Å². The van der Waals surface area contributed by atoms with Gasteiger partial charge in [-0.05, 0) is 56.1 Å². The summed E-state index contributed by atoms with van der Waals surface area (Å²) >= 11 is 1.82. The monoisotopic (exact) mass is 398 g/mol. The van der Waals surface area contributed by atoms with Crippen LogP contribution in [0.3, 0.4) is 0 Å². The Kier molecular flexibility index (Phi) is 7.95. The number of aryl methyl sites for hydroxylation is 2. The first-order valence-electron chi connectivity index (χ1n) is 9.99. The van der Waals surface area contributed by atoms with Gasteiger partial charge in [-0.1, -0.05) is 29.8 Å². The molecule has 0 bridgehead atoms. The standard InChI is InChI=1S/C23H30N2O2S/c1-18-7-8-22(19(2)15-18)28-17-20-5-3-6-21(16-20)23(26)24-9-4-10-25-11-13-27-14-12-25/h3,5-8,15-16H,4,9-14,17H2,1-2H3,(H,24,26). The molecule has 1 fully saturated rings. The highest BCUT2D eigenvalue weighted by molar-refractivity contribution is 7.98. The maximum absolute atomic E-state index is 12.5. The van der Waals surface area contributed by atoms with Crippen molar-refractivity contribution in [2.24, 2.45) is 0 Å². The Labute approximate surface area is 172 Å². The SMILES string of the molecule is Cc1ccc(SCc2cccc(C(=O)NCCCN3CCOCC3)c2)c(C)c1. The van der Waals surface area contributed by atoms with Crippen LogP contribution in [0.5, 0.6) is 0 Å². The molecular weight excluding hydrogens is 368 g/mol. The van der Waals surface area contributed by atoms with Crippen LogP contribution in [0.4, 0.5) is 0 Å². The first-order valence-corrected chi connectivity index (χ1v) is 11.0. The molecule has 0 atom stereocenters. The van der Waals surface area contributed by atoms with Gasteiger partial charge in [-0.25, -0.2) is 0 Å². The lowest BCUT2D eigenvalue weighted by molar-refractivity contribution is 0.0374. The molecule has 1 saturated heterocycles. The summed E-state index contributed by atoms with van der Waals surface area (Å²) in [5.41, 5.74) is 4.50. The smallest absolute Gasteiger partial charge is 0.251 e. The van der Waals surface area contributed by atoms with Crippen LogP contribution in [-0.2, 0) is 10.5 Å². The number of amides is 1. The predicted molar refractivity (Wildman–Crippen MR) is 116 cm³/mol. The normalized spacial score (nSPS) is 14.8. The zero-order valence-corrected chi connectivity index (χ0v) is 17.7. The Morgan fingerprint density at radius 2 is 1.96 bits per heavy atom. The highest BCUT2D eigenvalue weighted by atomic mass is 32.2. The average molecular weight is 399 g/mol. The summed E-state index contributed by atoms with van der Waals surface area (Å²) < 4.78 is 5.36. The minimum Gasteiger partial charge on any atom is -0.379 e. The minimum atomic E-state index is 0.0142. The molecule has 0 aromatic heterocycles. The number of thioether (sulfide) groups is 1. The van der Waals surface area contributed by atoms with Crippen LogP contribution in [0, 0.1) is 13.8 Å². The van der Waals surface area contributed by atoms with Gasteiger partial charge in [-0.2, -0.15) is 0 Å². The van der Waals surface area contributed by atoms with Crippen LogP contribution in [0.2, 0.25) is 0 Å². The lowest BCUT2D eigenvalue weighted by atomic mass is 10.1. The van der Waals surface area contributed by atoms with Crippen molar-refractivity contribution in [2.45, 2.75) is 30.9 Å². The van der Waals surface area contributed by atoms with E-state index in [-0.39, 0.29) is 5.91 Å². The summed E-state index contributed by atoms with van der Waals surface area (Å²) in [6.45, 7) is 9.61. The summed E-state index contributed by atoms with van der Waals surface area (Å²) in [6.07, 6.45) is 0.966. The summed E-state index contributed by atoms with van der Waals surface area (Å²) in [7, 11) is 0. The van der Waals surface area contributed by atoms with E-state index in [0.717, 1.165) is 50.6 Å². The Morgan fingerprint density at radius 3 is 2.75 bits per heavy atom. The van der Waals surface area contributed by atoms with E-state index in [9.17, 15) is 4.79 Å². The Morgan fingerprint density at radius 1 is 1.14 bits per heavy atom. The van der Waals surface area contributed by atoms with E-state index >= 15 is 0 Å². The quantitative estimate of drug-likeness (QED) is 0.538. The van der Waals surface area contributed by atoms with Crippen LogP contribution in [0.15, 0.2) is 47.4 Å². The van der Waals surface area contributed by atoms with Gasteiger partial charge in [-0.15, -0.1) is 11.8 Å². The van der Waals surface area contributed by atoms with Gasteiger partial charge in [0.2, 0.25) is 0 Å². The molecule has 150 valence electrons. The van der Waals surface area contributed by atoms with Gasteiger partial charge in [0, 0.05) is 35.8 Å². The van der Waals surface area contributed by atoms with Crippen molar-refractivity contribution in [1.29, 1.82) is 0 Å². The second-order valence-corrected chi connectivity index (χ2v) is 8.34. The van der Waals surface area contributed by atoms with Gasteiger partial charge in [0.1, 0.15) is 0 Å². The number of benzene rings is 2. The fourth-order valence-electron chi connectivity index (χ4n) is 3.36. The van der Waals surface area contributed by atoms with Crippen molar-refractivity contribution < 1.29 is 9.53 Å². The van der Waals surface area contributed by atoms with Gasteiger partial charge in [-0.3, -0.25) is 9.69 Å². The third kappa shape index (κ3) is 6.36. The van der Waals surface area contributed by atoms with E-state index in [4.69, 9.17) is 4.74 Å². The van der Waals surface area contributed by atoms with Gasteiger partial charge in [0.05, 0.1) is 13.2 Å². The largest absolute Gasteiger partial charge is 0.379 e. The van der Waals surface area contributed by atoms with Crippen LogP contribution in [0.25, 0.3) is 0 Å². The number of rotatable bonds is 8. The van der Waals surface area contributed by atoms with E-state index in [1.54, 1.807) is 0 Å². The third-order valence-corrected chi connectivity index (χ3v) is 6.20. The van der Waals surface area contributed by atoms with Crippen molar-refractivity contribution in [2.75, 3.05) is 39.4 Å². The maximum atomic E-state index is 12.5. The molecule has 3 rings (SSSR count). The molecule has 1 aliphatic heterocycles. The molecule has 0 unspecified atom stereocenters. The number of morpholine rings is 1. The zero-order chi connectivity index (χ0) is 19.8. The molecule has 0 radical (unpaired) electrons. The number of hydrogen-bond acceptors (Lipinski definition) is 4. The summed E-state index contributed by atoms with van der Waals surface area (Å²) in [5.74, 6) is 0.877. The molecule has 4 nitrogen and oxygen atoms in total. The van der Waals surface area contributed by atoms with Crippen molar-refractivity contribution in [1.82, 2.24) is 10.2 Å². The molecule has 1 amide bonds. The van der Waals surface area contributed by atoms with Crippen molar-refractivity contribution in [3.05, 3.63) is 64.7 Å². The fourth-order valence-corrected chi connectivity index (χ4v) is 4.31. The molecule has 0 aliphatic carbocycles. The van der Waals surface area contributed by atoms with E-state index in [2.05, 4.69) is 48.3 Å². The Hall–Kier alpha value is -1.82. The lowest BCUT2D eigenvalue weighted by Crippen LogP contribution is -2.38. The van der Waals surface area contributed by atoms with E-state index in [1.807, 2.05) is 30.0 Å². The zero-order valence-electron chi connectivity index (χ0n) is 16.9. The Balaban J connectivity index is 1.45. The highest BCUT2D eigenvalue weighted by Crippen LogP contribution is 2.26. The summed E-state index contributed by atoms with van der Waals surface area (Å²) in [5, 5.41) is 3.05. The van der Waals surface area contributed by atoms with E-state index in [1.165, 1.54) is 21.6 Å². The van der Waals surface area contributed by atoms with Gasteiger partial charge in [0.25, 0.3) is 5.91 Å². The fraction of sp³-hybridized carbons (Fsp3) is 0.435. The number of carbonyl (C=O) groups is 1. The summed E-state index contributed by atoms with van der Waals surface area (Å²) in [4.78, 5) is 16.1. The first-order chi connectivity index (χ1) is 13.6. The summed E-state index contributed by atoms with van der Waals surface area (Å²) in [6, 6.07) is 14.5. The topological polar surface area (TPSA) is 41.6 Å². The molecule has 1 N–H and O–H groups in total. The van der Waals surface area contributed by atoms with E-state index < -0.39 is 0 Å².